The molecule has 36 heavy (non-hydrogen) atoms. The lowest BCUT2D eigenvalue weighted by Crippen LogP contribution is -2.47. The minimum Gasteiger partial charge on any atom is -0.495 e. The normalized spacial score (nSPS) is 16.6. The van der Waals surface area contributed by atoms with E-state index in [0.717, 1.165) is 42.8 Å². The van der Waals surface area contributed by atoms with E-state index in [2.05, 4.69) is 18.7 Å². The van der Waals surface area contributed by atoms with Gasteiger partial charge in [-0.15, -0.1) is 0 Å². The van der Waals surface area contributed by atoms with Crippen molar-refractivity contribution in [1.82, 2.24) is 4.90 Å². The lowest BCUT2D eigenvalue weighted by molar-refractivity contribution is -0.122. The zero-order valence-electron chi connectivity index (χ0n) is 21.2. The van der Waals surface area contributed by atoms with Crippen LogP contribution in [-0.2, 0) is 10.2 Å². The van der Waals surface area contributed by atoms with Crippen molar-refractivity contribution in [2.24, 2.45) is 5.73 Å². The number of nitrogens with two attached hydrogens (primary N) is 1. The van der Waals surface area contributed by atoms with Crippen LogP contribution in [-0.4, -0.2) is 42.6 Å². The molecular weight excluding hydrogens is 472 g/mol. The highest BCUT2D eigenvalue weighted by Gasteiger charge is 2.43. The van der Waals surface area contributed by atoms with Crippen LogP contribution in [0.5, 0.6) is 11.5 Å². The number of primary amides is 1. The van der Waals surface area contributed by atoms with Gasteiger partial charge in [-0.05, 0) is 56.4 Å². The lowest BCUT2D eigenvalue weighted by Gasteiger charge is -2.40. The summed E-state index contributed by atoms with van der Waals surface area (Å²) in [5, 5.41) is 0.537. The van der Waals surface area contributed by atoms with Crippen molar-refractivity contribution in [3.63, 3.8) is 0 Å². The molecule has 1 amide bonds. The molecule has 0 aromatic heterocycles. The lowest BCUT2D eigenvalue weighted by atomic mass is 9.69. The van der Waals surface area contributed by atoms with Gasteiger partial charge >= 0.3 is 0 Å². The van der Waals surface area contributed by atoms with E-state index in [9.17, 15) is 4.79 Å². The number of nitrogens with zero attached hydrogens (tertiary/aromatic N) is 1. The number of amides is 1. The van der Waals surface area contributed by atoms with E-state index in [1.807, 2.05) is 72.8 Å². The van der Waals surface area contributed by atoms with Gasteiger partial charge in [-0.1, -0.05) is 72.3 Å². The number of hydrogen-bond donors (Lipinski definition) is 1. The molecule has 0 radical (unpaired) electrons. The summed E-state index contributed by atoms with van der Waals surface area (Å²) < 4.78 is 11.5. The number of halogens is 1. The molecule has 6 heteroatoms. The Morgan fingerprint density at radius 1 is 1.00 bits per heavy atom. The molecule has 3 aromatic carbocycles. The van der Waals surface area contributed by atoms with Gasteiger partial charge in [0.15, 0.2) is 0 Å². The van der Waals surface area contributed by atoms with E-state index >= 15 is 0 Å². The van der Waals surface area contributed by atoms with Gasteiger partial charge < -0.3 is 15.2 Å². The number of benzene rings is 3. The van der Waals surface area contributed by atoms with Crippen LogP contribution in [0.15, 0.2) is 78.9 Å². The smallest absolute Gasteiger partial charge is 0.232 e. The summed E-state index contributed by atoms with van der Waals surface area (Å²) in [6.07, 6.45) is 2.39. The maximum absolute atomic E-state index is 13.2. The molecule has 190 valence electrons. The molecule has 1 fully saturated rings. The summed E-state index contributed by atoms with van der Waals surface area (Å²) in [6.45, 7) is 6.20. The van der Waals surface area contributed by atoms with Gasteiger partial charge in [0.25, 0.3) is 0 Å². The second kappa shape index (κ2) is 10.9. The molecule has 2 N–H and O–H groups in total. The first-order valence-electron chi connectivity index (χ1n) is 12.4. The average molecular weight is 507 g/mol. The van der Waals surface area contributed by atoms with Gasteiger partial charge in [0.1, 0.15) is 17.6 Å². The third-order valence-electron chi connectivity index (χ3n) is 7.49. The number of likely N-dealkylation sites (tertiary alicyclic amines) is 1. The van der Waals surface area contributed by atoms with Crippen LogP contribution in [0.25, 0.3) is 0 Å². The fourth-order valence-electron chi connectivity index (χ4n) is 5.25. The van der Waals surface area contributed by atoms with E-state index in [-0.39, 0.29) is 17.6 Å². The van der Waals surface area contributed by atoms with Crippen molar-refractivity contribution >= 4 is 17.5 Å². The second-order valence-corrected chi connectivity index (χ2v) is 10.5. The summed E-state index contributed by atoms with van der Waals surface area (Å²) in [5.41, 5.74) is 6.98. The molecule has 0 saturated carbocycles. The van der Waals surface area contributed by atoms with Crippen molar-refractivity contribution in [1.29, 1.82) is 0 Å². The van der Waals surface area contributed by atoms with Crippen LogP contribution in [0.3, 0.4) is 0 Å². The molecule has 5 nitrogen and oxygen atoms in total. The average Bonchev–Trinajstić information content (AvgIpc) is 3.35. The summed E-state index contributed by atoms with van der Waals surface area (Å²) in [7, 11) is 1.60. The maximum atomic E-state index is 13.2. The van der Waals surface area contributed by atoms with Crippen LogP contribution in [0.2, 0.25) is 5.02 Å². The Morgan fingerprint density at radius 3 is 2.14 bits per heavy atom. The Morgan fingerprint density at radius 2 is 1.61 bits per heavy atom. The van der Waals surface area contributed by atoms with Gasteiger partial charge in [-0.2, -0.15) is 0 Å². The molecule has 3 aromatic rings. The highest BCUT2D eigenvalue weighted by molar-refractivity contribution is 6.32. The third kappa shape index (κ3) is 5.37. The summed E-state index contributed by atoms with van der Waals surface area (Å²) in [4.78, 5) is 15.6. The minimum absolute atomic E-state index is 0.0675. The number of rotatable bonds is 10. The first-order chi connectivity index (χ1) is 17.3. The van der Waals surface area contributed by atoms with Crippen molar-refractivity contribution in [2.45, 2.75) is 50.2 Å². The number of carbonyl (C=O) groups is 1. The Labute approximate surface area is 219 Å². The summed E-state index contributed by atoms with van der Waals surface area (Å²) in [5.74, 6) is 1.05. The highest BCUT2D eigenvalue weighted by Crippen LogP contribution is 2.40. The molecule has 1 atom stereocenters. The Hall–Kier alpha value is -3.02. The van der Waals surface area contributed by atoms with Crippen LogP contribution in [0.4, 0.5) is 0 Å². The highest BCUT2D eigenvalue weighted by atomic mass is 35.5. The second-order valence-electron chi connectivity index (χ2n) is 10.1. The van der Waals surface area contributed by atoms with Gasteiger partial charge in [0.05, 0.1) is 17.5 Å². The SMILES string of the molecule is COc1ccc(O[C@@H]2CCN(C(C)(C)CCC(C(N)=O)(c3ccccc3)c3ccccc3)C2)cc1Cl. The number of ether oxygens (including phenoxy) is 2. The first kappa shape index (κ1) is 26.1. The van der Waals surface area contributed by atoms with Gasteiger partial charge in [-0.3, -0.25) is 9.69 Å². The molecular formula is C30H35ClN2O3. The van der Waals surface area contributed by atoms with Crippen LogP contribution < -0.4 is 15.2 Å². The predicted molar refractivity (Wildman–Crippen MR) is 145 cm³/mol. The number of hydrogen-bond acceptors (Lipinski definition) is 4. The molecule has 0 spiro atoms. The Kier molecular flexibility index (Phi) is 7.91. The fraction of sp³-hybridized carbons (Fsp3) is 0.367. The van der Waals surface area contributed by atoms with Crippen molar-refractivity contribution in [3.05, 3.63) is 95.0 Å². The molecule has 1 heterocycles. The molecule has 1 aliphatic heterocycles. The van der Waals surface area contributed by atoms with E-state index in [0.29, 0.717) is 17.2 Å². The molecule has 4 rings (SSSR count). The largest absolute Gasteiger partial charge is 0.495 e. The monoisotopic (exact) mass is 506 g/mol. The quantitative estimate of drug-likeness (QED) is 0.375. The Balaban J connectivity index is 1.50. The first-order valence-corrected chi connectivity index (χ1v) is 12.8. The standard InChI is InChI=1S/C30H35ClN2O3/c1-29(2,33-19-16-25(21-33)36-24-14-15-27(35-3)26(31)20-24)17-18-30(28(32)34,22-10-6-4-7-11-22)23-12-8-5-9-13-23/h4-15,20,25H,16-19,21H2,1-3H3,(H2,32,34)/t25-/m1/s1. The van der Waals surface area contributed by atoms with E-state index < -0.39 is 5.41 Å². The topological polar surface area (TPSA) is 64.8 Å². The van der Waals surface area contributed by atoms with Gasteiger partial charge in [0, 0.05) is 24.7 Å². The Bertz CT molecular complexity index is 1130. The molecule has 0 aliphatic carbocycles. The maximum Gasteiger partial charge on any atom is 0.232 e. The molecule has 0 unspecified atom stereocenters. The van der Waals surface area contributed by atoms with Crippen molar-refractivity contribution < 1.29 is 14.3 Å². The molecule has 1 aliphatic rings. The summed E-state index contributed by atoms with van der Waals surface area (Å²) in [6, 6.07) is 25.3. The molecule has 0 bridgehead atoms. The van der Waals surface area contributed by atoms with Gasteiger partial charge in [0.2, 0.25) is 5.91 Å². The van der Waals surface area contributed by atoms with E-state index in [1.54, 1.807) is 13.2 Å². The zero-order chi connectivity index (χ0) is 25.8. The zero-order valence-corrected chi connectivity index (χ0v) is 22.0. The van der Waals surface area contributed by atoms with Crippen molar-refractivity contribution in [3.8, 4) is 11.5 Å². The van der Waals surface area contributed by atoms with Crippen molar-refractivity contribution in [2.75, 3.05) is 20.2 Å². The van der Waals surface area contributed by atoms with Crippen LogP contribution in [0, 0.1) is 0 Å². The van der Waals surface area contributed by atoms with E-state index in [1.165, 1.54) is 0 Å². The predicted octanol–water partition coefficient (Wildman–Crippen LogP) is 5.83. The number of carbonyl (C=O) groups excluding carboxylic acids is 1. The number of methoxy groups -OCH3 is 1. The minimum atomic E-state index is -0.894. The van der Waals surface area contributed by atoms with Crippen LogP contribution in [0.1, 0.15) is 44.2 Å². The fourth-order valence-corrected chi connectivity index (χ4v) is 5.49. The third-order valence-corrected chi connectivity index (χ3v) is 7.79. The van der Waals surface area contributed by atoms with E-state index in [4.69, 9.17) is 26.8 Å². The van der Waals surface area contributed by atoms with Crippen LogP contribution >= 0.6 is 11.6 Å². The molecule has 1 saturated heterocycles. The van der Waals surface area contributed by atoms with Gasteiger partial charge in [-0.25, -0.2) is 0 Å². The summed E-state index contributed by atoms with van der Waals surface area (Å²) >= 11 is 6.27.